The second kappa shape index (κ2) is 5.79. The van der Waals surface area contributed by atoms with Crippen molar-refractivity contribution in [1.29, 1.82) is 0 Å². The van der Waals surface area contributed by atoms with E-state index in [1.807, 2.05) is 49.5 Å². The van der Waals surface area contributed by atoms with Crippen molar-refractivity contribution >= 4 is 16.7 Å². The lowest BCUT2D eigenvalue weighted by atomic mass is 10.2. The fraction of sp³-hybridized carbons (Fsp3) is 0.176. The van der Waals surface area contributed by atoms with Gasteiger partial charge in [0, 0.05) is 19.0 Å². The van der Waals surface area contributed by atoms with Crippen molar-refractivity contribution in [2.75, 3.05) is 19.1 Å². The van der Waals surface area contributed by atoms with E-state index in [0.29, 0.717) is 0 Å². The summed E-state index contributed by atoms with van der Waals surface area (Å²) in [4.78, 5) is 10.9. The van der Waals surface area contributed by atoms with Gasteiger partial charge in [0.05, 0.1) is 12.6 Å². The first kappa shape index (κ1) is 13.4. The molecule has 0 bridgehead atoms. The molecule has 1 heterocycles. The first-order valence-electron chi connectivity index (χ1n) is 6.82. The van der Waals surface area contributed by atoms with Crippen LogP contribution in [0.1, 0.15) is 5.56 Å². The highest BCUT2D eigenvalue weighted by molar-refractivity contribution is 5.89. The molecule has 106 valence electrons. The van der Waals surface area contributed by atoms with Crippen molar-refractivity contribution in [1.82, 2.24) is 9.97 Å². The Kier molecular flexibility index (Phi) is 3.69. The van der Waals surface area contributed by atoms with E-state index in [1.165, 1.54) is 5.56 Å². The third kappa shape index (κ3) is 2.79. The van der Waals surface area contributed by atoms with E-state index >= 15 is 0 Å². The van der Waals surface area contributed by atoms with E-state index in [0.717, 1.165) is 29.0 Å². The van der Waals surface area contributed by atoms with Gasteiger partial charge < -0.3 is 9.64 Å². The normalized spacial score (nSPS) is 10.6. The molecule has 3 rings (SSSR count). The molecule has 0 unspecified atom stereocenters. The number of benzene rings is 2. The number of hydrogen-bond acceptors (Lipinski definition) is 4. The molecular weight excluding hydrogens is 262 g/mol. The molecule has 0 saturated carbocycles. The van der Waals surface area contributed by atoms with Crippen molar-refractivity contribution in [3.8, 4) is 5.75 Å². The number of nitrogens with zero attached hydrogens (tertiary/aromatic N) is 3. The maximum absolute atomic E-state index is 5.27. The number of fused-ring (bicyclic) bond motifs is 1. The molecule has 21 heavy (non-hydrogen) atoms. The molecule has 2 aromatic carbocycles. The highest BCUT2D eigenvalue weighted by Gasteiger charge is 2.09. The molecule has 0 aliphatic rings. The van der Waals surface area contributed by atoms with Crippen molar-refractivity contribution in [2.45, 2.75) is 6.54 Å². The van der Waals surface area contributed by atoms with Crippen LogP contribution in [0.5, 0.6) is 5.75 Å². The number of para-hydroxylation sites is 1. The molecule has 0 spiro atoms. The van der Waals surface area contributed by atoms with Crippen LogP contribution in [0.3, 0.4) is 0 Å². The number of anilines is 1. The Morgan fingerprint density at radius 1 is 1.05 bits per heavy atom. The summed E-state index contributed by atoms with van der Waals surface area (Å²) >= 11 is 0. The summed E-state index contributed by atoms with van der Waals surface area (Å²) in [6, 6.07) is 16.1. The zero-order valence-electron chi connectivity index (χ0n) is 12.2. The molecule has 4 nitrogen and oxygen atoms in total. The zero-order chi connectivity index (χ0) is 14.7. The standard InChI is InChI=1S/C17H17N3O/c1-20(11-13-6-5-7-14(10-13)21-2)17-15-8-3-4-9-16(15)18-12-19-17/h3-10,12H,11H2,1-2H3. The minimum absolute atomic E-state index is 0.762. The van der Waals surface area contributed by atoms with E-state index < -0.39 is 0 Å². The number of rotatable bonds is 4. The summed E-state index contributed by atoms with van der Waals surface area (Å²) in [7, 11) is 3.72. The first-order valence-corrected chi connectivity index (χ1v) is 6.82. The van der Waals surface area contributed by atoms with E-state index in [1.54, 1.807) is 13.4 Å². The molecule has 0 amide bonds. The largest absolute Gasteiger partial charge is 0.497 e. The molecule has 3 aromatic rings. The van der Waals surface area contributed by atoms with E-state index in [2.05, 4.69) is 20.9 Å². The number of methoxy groups -OCH3 is 1. The van der Waals surface area contributed by atoms with Gasteiger partial charge in [-0.05, 0) is 29.8 Å². The van der Waals surface area contributed by atoms with Crippen LogP contribution < -0.4 is 9.64 Å². The van der Waals surface area contributed by atoms with Gasteiger partial charge in [-0.2, -0.15) is 0 Å². The van der Waals surface area contributed by atoms with Crippen molar-refractivity contribution in [2.24, 2.45) is 0 Å². The lowest BCUT2D eigenvalue weighted by Gasteiger charge is -2.20. The molecular formula is C17H17N3O. The molecule has 0 N–H and O–H groups in total. The van der Waals surface area contributed by atoms with Crippen LogP contribution >= 0.6 is 0 Å². The van der Waals surface area contributed by atoms with E-state index in [-0.39, 0.29) is 0 Å². The third-order valence-corrected chi connectivity index (χ3v) is 3.44. The number of ether oxygens (including phenoxy) is 1. The van der Waals surface area contributed by atoms with E-state index in [4.69, 9.17) is 4.74 Å². The van der Waals surface area contributed by atoms with Gasteiger partial charge >= 0.3 is 0 Å². The smallest absolute Gasteiger partial charge is 0.139 e. The second-order valence-electron chi connectivity index (χ2n) is 4.92. The fourth-order valence-electron chi connectivity index (χ4n) is 2.41. The molecule has 0 radical (unpaired) electrons. The van der Waals surface area contributed by atoms with Crippen molar-refractivity contribution in [3.05, 3.63) is 60.4 Å². The van der Waals surface area contributed by atoms with Gasteiger partial charge in [-0.25, -0.2) is 9.97 Å². The van der Waals surface area contributed by atoms with Gasteiger partial charge in [0.25, 0.3) is 0 Å². The van der Waals surface area contributed by atoms with Crippen LogP contribution in [0, 0.1) is 0 Å². The number of aromatic nitrogens is 2. The Hall–Kier alpha value is -2.62. The van der Waals surface area contributed by atoms with Crippen LogP contribution in [0.4, 0.5) is 5.82 Å². The Balaban J connectivity index is 1.91. The molecule has 0 aliphatic heterocycles. The lowest BCUT2D eigenvalue weighted by Crippen LogP contribution is -2.18. The minimum Gasteiger partial charge on any atom is -0.497 e. The highest BCUT2D eigenvalue weighted by atomic mass is 16.5. The molecule has 0 saturated heterocycles. The van der Waals surface area contributed by atoms with Gasteiger partial charge in [0.15, 0.2) is 0 Å². The summed E-state index contributed by atoms with van der Waals surface area (Å²) in [6.07, 6.45) is 1.61. The predicted octanol–water partition coefficient (Wildman–Crippen LogP) is 3.27. The first-order chi connectivity index (χ1) is 10.3. The van der Waals surface area contributed by atoms with Crippen LogP contribution in [-0.4, -0.2) is 24.1 Å². The SMILES string of the molecule is COc1cccc(CN(C)c2ncnc3ccccc23)c1. The van der Waals surface area contributed by atoms with Crippen LogP contribution in [0.15, 0.2) is 54.9 Å². The molecule has 0 atom stereocenters. The summed E-state index contributed by atoms with van der Waals surface area (Å²) < 4.78 is 5.27. The third-order valence-electron chi connectivity index (χ3n) is 3.44. The van der Waals surface area contributed by atoms with Crippen LogP contribution in [0.25, 0.3) is 10.9 Å². The maximum atomic E-state index is 5.27. The van der Waals surface area contributed by atoms with Gasteiger partial charge in [-0.15, -0.1) is 0 Å². The van der Waals surface area contributed by atoms with Crippen LogP contribution in [0.2, 0.25) is 0 Å². The van der Waals surface area contributed by atoms with Crippen LogP contribution in [-0.2, 0) is 6.54 Å². The Morgan fingerprint density at radius 2 is 1.90 bits per heavy atom. The Bertz CT molecular complexity index is 752. The summed E-state index contributed by atoms with van der Waals surface area (Å²) in [6.45, 7) is 0.762. The maximum Gasteiger partial charge on any atom is 0.139 e. The summed E-state index contributed by atoms with van der Waals surface area (Å²) in [5, 5.41) is 1.06. The molecule has 0 fully saturated rings. The van der Waals surface area contributed by atoms with E-state index in [9.17, 15) is 0 Å². The second-order valence-corrected chi connectivity index (χ2v) is 4.92. The minimum atomic E-state index is 0.762. The molecule has 4 heteroatoms. The quantitative estimate of drug-likeness (QED) is 0.734. The topological polar surface area (TPSA) is 38.2 Å². The summed E-state index contributed by atoms with van der Waals surface area (Å²) in [5.41, 5.74) is 2.14. The van der Waals surface area contributed by atoms with Gasteiger partial charge in [0.1, 0.15) is 17.9 Å². The van der Waals surface area contributed by atoms with Gasteiger partial charge in [0.2, 0.25) is 0 Å². The average molecular weight is 279 g/mol. The fourth-order valence-corrected chi connectivity index (χ4v) is 2.41. The number of hydrogen-bond donors (Lipinski definition) is 0. The van der Waals surface area contributed by atoms with Gasteiger partial charge in [-0.1, -0.05) is 24.3 Å². The molecule has 1 aromatic heterocycles. The predicted molar refractivity (Wildman–Crippen MR) is 84.6 cm³/mol. The Morgan fingerprint density at radius 3 is 2.76 bits per heavy atom. The molecule has 0 aliphatic carbocycles. The van der Waals surface area contributed by atoms with Crippen molar-refractivity contribution < 1.29 is 4.74 Å². The zero-order valence-corrected chi connectivity index (χ0v) is 12.2. The highest BCUT2D eigenvalue weighted by Crippen LogP contribution is 2.23. The summed E-state index contributed by atoms with van der Waals surface area (Å²) in [5.74, 6) is 1.80. The van der Waals surface area contributed by atoms with Crippen molar-refractivity contribution in [3.63, 3.8) is 0 Å². The lowest BCUT2D eigenvalue weighted by molar-refractivity contribution is 0.414. The van der Waals surface area contributed by atoms with Gasteiger partial charge in [-0.3, -0.25) is 0 Å². The monoisotopic (exact) mass is 279 g/mol. The Labute approximate surface area is 124 Å². The average Bonchev–Trinajstić information content (AvgIpc) is 2.54.